The minimum absolute atomic E-state index is 0.0217. The number of hydrogen-bond donors (Lipinski definition) is 2. The molecule has 2 N–H and O–H groups in total. The molecule has 158 valence electrons. The third-order valence-electron chi connectivity index (χ3n) is 3.05. The van der Waals surface area contributed by atoms with Crippen LogP contribution in [0.5, 0.6) is 0 Å². The van der Waals surface area contributed by atoms with Gasteiger partial charge in [0.1, 0.15) is 23.3 Å². The summed E-state index contributed by atoms with van der Waals surface area (Å²) < 4.78 is 15.9. The van der Waals surface area contributed by atoms with Gasteiger partial charge in [0.25, 0.3) is 0 Å². The van der Waals surface area contributed by atoms with Crippen molar-refractivity contribution in [1.82, 2.24) is 10.6 Å². The van der Waals surface area contributed by atoms with Gasteiger partial charge in [0.15, 0.2) is 0 Å². The van der Waals surface area contributed by atoms with Crippen molar-refractivity contribution in [2.75, 3.05) is 13.2 Å². The van der Waals surface area contributed by atoms with Gasteiger partial charge in [-0.3, -0.25) is 4.79 Å². The molecule has 8 heteroatoms. The maximum atomic E-state index is 12.5. The van der Waals surface area contributed by atoms with Crippen LogP contribution < -0.4 is 10.6 Å². The first-order valence-electron chi connectivity index (χ1n) is 9.35. The predicted molar refractivity (Wildman–Crippen MR) is 102 cm³/mol. The molecule has 0 aromatic carbocycles. The molecule has 0 spiro atoms. The molecule has 0 heterocycles. The van der Waals surface area contributed by atoms with E-state index in [1.807, 2.05) is 6.92 Å². The maximum absolute atomic E-state index is 12.5. The van der Waals surface area contributed by atoms with Gasteiger partial charge in [-0.05, 0) is 54.9 Å². The molecule has 0 aliphatic heterocycles. The summed E-state index contributed by atoms with van der Waals surface area (Å²) in [7, 11) is 0. The monoisotopic (exact) mass is 388 g/mol. The van der Waals surface area contributed by atoms with Gasteiger partial charge in [-0.25, -0.2) is 9.59 Å². The predicted octanol–water partition coefficient (Wildman–Crippen LogP) is 2.54. The van der Waals surface area contributed by atoms with Crippen molar-refractivity contribution in [2.45, 2.75) is 91.5 Å². The summed E-state index contributed by atoms with van der Waals surface area (Å²) >= 11 is 0. The highest BCUT2D eigenvalue weighted by Gasteiger charge is 2.28. The first-order valence-corrected chi connectivity index (χ1v) is 9.35. The van der Waals surface area contributed by atoms with E-state index in [9.17, 15) is 14.4 Å². The number of hydrogen-bond acceptors (Lipinski definition) is 6. The van der Waals surface area contributed by atoms with Crippen molar-refractivity contribution in [1.29, 1.82) is 0 Å². The number of amides is 2. The molecule has 0 bridgehead atoms. The number of nitrogens with one attached hydrogen (secondary N) is 2. The molecule has 27 heavy (non-hydrogen) atoms. The lowest BCUT2D eigenvalue weighted by molar-refractivity contribution is -0.158. The minimum atomic E-state index is -0.985. The van der Waals surface area contributed by atoms with Gasteiger partial charge in [0, 0.05) is 6.61 Å². The summed E-state index contributed by atoms with van der Waals surface area (Å²) in [6.07, 6.45) is 1.06. The number of alkyl carbamates (subject to hydrolysis) is 1. The van der Waals surface area contributed by atoms with Crippen molar-refractivity contribution in [3.8, 4) is 0 Å². The fraction of sp³-hybridized carbons (Fsp3) is 0.842. The molecule has 8 nitrogen and oxygen atoms in total. The quantitative estimate of drug-likeness (QED) is 0.465. The van der Waals surface area contributed by atoms with Gasteiger partial charge in [-0.2, -0.15) is 0 Å². The summed E-state index contributed by atoms with van der Waals surface area (Å²) in [4.78, 5) is 36.6. The highest BCUT2D eigenvalue weighted by atomic mass is 16.6. The fourth-order valence-electron chi connectivity index (χ4n) is 1.84. The van der Waals surface area contributed by atoms with E-state index in [0.29, 0.717) is 6.61 Å². The molecule has 0 aliphatic rings. The zero-order valence-electron chi connectivity index (χ0n) is 17.9. The number of esters is 1. The van der Waals surface area contributed by atoms with Gasteiger partial charge in [0.2, 0.25) is 5.91 Å². The lowest BCUT2D eigenvalue weighted by Gasteiger charge is -2.25. The maximum Gasteiger partial charge on any atom is 0.408 e. The van der Waals surface area contributed by atoms with Crippen LogP contribution in [0.1, 0.15) is 68.2 Å². The number of rotatable bonds is 9. The van der Waals surface area contributed by atoms with Gasteiger partial charge in [0.05, 0.1) is 6.61 Å². The Bertz CT molecular complexity index is 493. The van der Waals surface area contributed by atoms with E-state index >= 15 is 0 Å². The Morgan fingerprint density at radius 2 is 1.48 bits per heavy atom. The summed E-state index contributed by atoms with van der Waals surface area (Å²) in [5.41, 5.74) is -1.36. The molecule has 0 saturated heterocycles. The smallest absolute Gasteiger partial charge is 0.408 e. The Hall–Kier alpha value is -1.83. The van der Waals surface area contributed by atoms with Gasteiger partial charge >= 0.3 is 12.1 Å². The standard InChI is InChI=1S/C19H36N2O6/c1-9-10-11-25-12-14(21-17(24)27-19(6,7)8)15(22)20-13(2)16(23)26-18(3,4)5/h13-14H,9-12H2,1-8H3,(H,20,22)(H,21,24)/t13-,14-/m0/s1. The Morgan fingerprint density at radius 1 is 0.926 bits per heavy atom. The molecule has 0 radical (unpaired) electrons. The molecule has 0 aromatic rings. The van der Waals surface area contributed by atoms with Crippen LogP contribution in [0.3, 0.4) is 0 Å². The van der Waals surface area contributed by atoms with E-state index < -0.39 is 41.3 Å². The van der Waals surface area contributed by atoms with Crippen molar-refractivity contribution >= 4 is 18.0 Å². The van der Waals surface area contributed by atoms with Crippen molar-refractivity contribution < 1.29 is 28.6 Å². The first kappa shape index (κ1) is 25.2. The highest BCUT2D eigenvalue weighted by molar-refractivity contribution is 5.89. The van der Waals surface area contributed by atoms with Gasteiger partial charge in [-0.15, -0.1) is 0 Å². The average Bonchev–Trinajstić information content (AvgIpc) is 2.46. The first-order chi connectivity index (χ1) is 12.2. The summed E-state index contributed by atoms with van der Waals surface area (Å²) in [6.45, 7) is 14.4. The van der Waals surface area contributed by atoms with E-state index in [4.69, 9.17) is 14.2 Å². The molecule has 0 aliphatic carbocycles. The van der Waals surface area contributed by atoms with Crippen LogP contribution in [0.25, 0.3) is 0 Å². The largest absolute Gasteiger partial charge is 0.458 e. The third-order valence-corrected chi connectivity index (χ3v) is 3.05. The van der Waals surface area contributed by atoms with Crippen LogP contribution in [0.2, 0.25) is 0 Å². The molecule has 2 amide bonds. The Morgan fingerprint density at radius 3 is 1.96 bits per heavy atom. The van der Waals surface area contributed by atoms with Gasteiger partial charge < -0.3 is 24.8 Å². The van der Waals surface area contributed by atoms with E-state index in [0.717, 1.165) is 12.8 Å². The molecule has 0 saturated carbocycles. The second kappa shape index (κ2) is 11.1. The topological polar surface area (TPSA) is 103 Å². The molecule has 0 unspecified atom stereocenters. The van der Waals surface area contributed by atoms with Crippen molar-refractivity contribution in [3.63, 3.8) is 0 Å². The van der Waals surface area contributed by atoms with E-state index in [1.165, 1.54) is 6.92 Å². The Balaban J connectivity index is 4.88. The molecular formula is C19H36N2O6. The SMILES string of the molecule is CCCCOC[C@H](NC(=O)OC(C)(C)C)C(=O)N[C@@H](C)C(=O)OC(C)(C)C. The number of unbranched alkanes of at least 4 members (excludes halogenated alkanes) is 1. The summed E-state index contributed by atoms with van der Waals surface area (Å²) in [6, 6.07) is -1.85. The van der Waals surface area contributed by atoms with E-state index in [-0.39, 0.29) is 6.61 Å². The van der Waals surface area contributed by atoms with Crippen molar-refractivity contribution in [3.05, 3.63) is 0 Å². The summed E-state index contributed by atoms with van der Waals surface area (Å²) in [5.74, 6) is -1.10. The summed E-state index contributed by atoms with van der Waals surface area (Å²) in [5, 5.41) is 5.04. The van der Waals surface area contributed by atoms with Crippen LogP contribution in [0.4, 0.5) is 4.79 Å². The van der Waals surface area contributed by atoms with Crippen LogP contribution in [0, 0.1) is 0 Å². The molecule has 0 fully saturated rings. The van der Waals surface area contributed by atoms with Gasteiger partial charge in [-0.1, -0.05) is 13.3 Å². The molecular weight excluding hydrogens is 352 g/mol. The van der Waals surface area contributed by atoms with Crippen LogP contribution in [-0.2, 0) is 23.8 Å². The number of ether oxygens (including phenoxy) is 3. The molecule has 0 aromatic heterocycles. The molecule has 2 atom stereocenters. The van der Waals surface area contributed by atoms with Crippen molar-refractivity contribution in [2.24, 2.45) is 0 Å². The van der Waals surface area contributed by atoms with E-state index in [1.54, 1.807) is 41.5 Å². The Kier molecular flexibility index (Phi) is 10.4. The lowest BCUT2D eigenvalue weighted by Crippen LogP contribution is -2.54. The fourth-order valence-corrected chi connectivity index (χ4v) is 1.84. The second-order valence-corrected chi connectivity index (χ2v) is 8.39. The lowest BCUT2D eigenvalue weighted by atomic mass is 10.2. The minimum Gasteiger partial charge on any atom is -0.458 e. The number of carbonyl (C=O) groups excluding carboxylic acids is 3. The second-order valence-electron chi connectivity index (χ2n) is 8.39. The van der Waals surface area contributed by atoms with Crippen LogP contribution in [0.15, 0.2) is 0 Å². The normalized spacial score (nSPS) is 14.1. The zero-order valence-corrected chi connectivity index (χ0v) is 17.9. The van der Waals surface area contributed by atoms with E-state index in [2.05, 4.69) is 10.6 Å². The Labute approximate surface area is 162 Å². The highest BCUT2D eigenvalue weighted by Crippen LogP contribution is 2.09. The third kappa shape index (κ3) is 13.1. The van der Waals surface area contributed by atoms with Crippen LogP contribution in [-0.4, -0.2) is 54.5 Å². The van der Waals surface area contributed by atoms with Crippen LogP contribution >= 0.6 is 0 Å². The zero-order chi connectivity index (χ0) is 21.3. The molecule has 0 rings (SSSR count). The average molecular weight is 389 g/mol. The number of carbonyl (C=O) groups is 3.